The zero-order chi connectivity index (χ0) is 21.4. The maximum absolute atomic E-state index is 13.1. The van der Waals surface area contributed by atoms with E-state index in [-0.39, 0.29) is 11.6 Å². The molecule has 1 saturated heterocycles. The van der Waals surface area contributed by atoms with Crippen LogP contribution >= 0.6 is 0 Å². The van der Waals surface area contributed by atoms with Gasteiger partial charge >= 0.3 is 12.4 Å². The molecular weight excluding hydrogens is 394 g/mol. The third-order valence-electron chi connectivity index (χ3n) is 5.26. The van der Waals surface area contributed by atoms with Gasteiger partial charge in [-0.15, -0.1) is 0 Å². The van der Waals surface area contributed by atoms with E-state index in [2.05, 4.69) is 9.80 Å². The topological polar surface area (TPSA) is 6.48 Å². The van der Waals surface area contributed by atoms with Gasteiger partial charge < -0.3 is 4.90 Å². The molecule has 1 heterocycles. The van der Waals surface area contributed by atoms with Gasteiger partial charge in [-0.1, -0.05) is 24.3 Å². The number of likely N-dealkylation sites (tertiary alicyclic amines) is 1. The molecular formula is C21H22F6N2. The van der Waals surface area contributed by atoms with Crippen LogP contribution in [0, 0.1) is 0 Å². The molecule has 0 amide bonds. The highest BCUT2D eigenvalue weighted by atomic mass is 19.4. The highest BCUT2D eigenvalue weighted by Crippen LogP contribution is 2.38. The van der Waals surface area contributed by atoms with Crippen molar-refractivity contribution in [1.82, 2.24) is 9.80 Å². The molecule has 0 radical (unpaired) electrons. The molecule has 0 saturated carbocycles. The molecule has 0 spiro atoms. The summed E-state index contributed by atoms with van der Waals surface area (Å²) in [5, 5.41) is 0. The van der Waals surface area contributed by atoms with Crippen LogP contribution in [0.5, 0.6) is 0 Å². The van der Waals surface area contributed by atoms with Gasteiger partial charge in [0.1, 0.15) is 0 Å². The summed E-state index contributed by atoms with van der Waals surface area (Å²) >= 11 is 0. The lowest BCUT2D eigenvalue weighted by Crippen LogP contribution is -2.31. The summed E-state index contributed by atoms with van der Waals surface area (Å²) in [6, 6.07) is 8.80. The van der Waals surface area contributed by atoms with Crippen molar-refractivity contribution < 1.29 is 26.3 Å². The van der Waals surface area contributed by atoms with E-state index in [1.807, 2.05) is 14.1 Å². The van der Waals surface area contributed by atoms with E-state index in [1.165, 1.54) is 0 Å². The van der Waals surface area contributed by atoms with E-state index in [4.69, 9.17) is 0 Å². The second-order valence-electron chi connectivity index (χ2n) is 7.63. The molecule has 1 atom stereocenters. The molecule has 0 bridgehead atoms. The molecule has 0 N–H and O–H groups in total. The third-order valence-corrected chi connectivity index (χ3v) is 5.26. The van der Waals surface area contributed by atoms with Crippen molar-refractivity contribution in [2.45, 2.75) is 31.4 Å². The summed E-state index contributed by atoms with van der Waals surface area (Å²) in [6.45, 7) is 2.57. The normalized spacial score (nSPS) is 18.6. The highest BCUT2D eigenvalue weighted by Gasteiger charge is 2.37. The summed E-state index contributed by atoms with van der Waals surface area (Å²) < 4.78 is 78.3. The number of nitrogens with zero attached hydrogens (tertiary/aromatic N) is 2. The van der Waals surface area contributed by atoms with Gasteiger partial charge in [0.05, 0.1) is 11.1 Å². The average Bonchev–Trinajstić information content (AvgIpc) is 3.09. The summed E-state index contributed by atoms with van der Waals surface area (Å²) in [7, 11) is 4.07. The standard InChI is InChI=1S/C21H22F6N2/c1-28(2)19-7-8-29(13-19)12-14-3-5-15(6-4-14)16-9-17(20(22,23)24)11-18(10-16)21(25,26)27/h3-6,9-11,19H,7-8,12-13H2,1-2H3. The Morgan fingerprint density at radius 3 is 1.86 bits per heavy atom. The molecule has 8 heteroatoms. The minimum atomic E-state index is -4.85. The van der Waals surface area contributed by atoms with Crippen LogP contribution < -0.4 is 0 Å². The van der Waals surface area contributed by atoms with Crippen molar-refractivity contribution in [2.24, 2.45) is 0 Å². The number of rotatable bonds is 4. The van der Waals surface area contributed by atoms with E-state index in [0.29, 0.717) is 18.2 Å². The quantitative estimate of drug-likeness (QED) is 0.605. The molecule has 1 fully saturated rings. The Hall–Kier alpha value is -2.06. The van der Waals surface area contributed by atoms with Crippen LogP contribution in [0.4, 0.5) is 26.3 Å². The second-order valence-corrected chi connectivity index (χ2v) is 7.63. The first-order valence-corrected chi connectivity index (χ1v) is 9.21. The fourth-order valence-corrected chi connectivity index (χ4v) is 3.56. The van der Waals surface area contributed by atoms with Crippen LogP contribution in [0.2, 0.25) is 0 Å². The first kappa shape index (κ1) is 21.6. The van der Waals surface area contributed by atoms with Crippen LogP contribution in [0.15, 0.2) is 42.5 Å². The van der Waals surface area contributed by atoms with Crippen LogP contribution in [-0.4, -0.2) is 43.0 Å². The van der Waals surface area contributed by atoms with Crippen molar-refractivity contribution in [3.63, 3.8) is 0 Å². The number of alkyl halides is 6. The molecule has 158 valence electrons. The molecule has 1 aliphatic rings. The zero-order valence-electron chi connectivity index (χ0n) is 16.1. The number of hydrogen-bond donors (Lipinski definition) is 0. The Kier molecular flexibility index (Phi) is 5.96. The predicted molar refractivity (Wildman–Crippen MR) is 99.3 cm³/mol. The number of halogens is 6. The van der Waals surface area contributed by atoms with E-state index >= 15 is 0 Å². The lowest BCUT2D eigenvalue weighted by atomic mass is 9.98. The Labute approximate surface area is 165 Å². The van der Waals surface area contributed by atoms with Crippen molar-refractivity contribution in [2.75, 3.05) is 27.2 Å². The van der Waals surface area contributed by atoms with E-state index in [1.54, 1.807) is 24.3 Å². The fourth-order valence-electron chi connectivity index (χ4n) is 3.56. The maximum atomic E-state index is 13.1. The molecule has 2 nitrogen and oxygen atoms in total. The van der Waals surface area contributed by atoms with E-state index in [0.717, 1.165) is 37.2 Å². The van der Waals surface area contributed by atoms with Gasteiger partial charge in [0, 0.05) is 25.7 Å². The Balaban J connectivity index is 1.82. The molecule has 1 unspecified atom stereocenters. The van der Waals surface area contributed by atoms with Crippen LogP contribution in [0.3, 0.4) is 0 Å². The molecule has 2 aromatic rings. The molecule has 0 aromatic heterocycles. The van der Waals surface area contributed by atoms with E-state index in [9.17, 15) is 26.3 Å². The largest absolute Gasteiger partial charge is 0.416 e. The molecule has 1 aliphatic heterocycles. The van der Waals surface area contributed by atoms with Gasteiger partial charge in [-0.25, -0.2) is 0 Å². The maximum Gasteiger partial charge on any atom is 0.416 e. The van der Waals surface area contributed by atoms with Gasteiger partial charge in [-0.2, -0.15) is 26.3 Å². The first-order chi connectivity index (χ1) is 13.4. The zero-order valence-corrected chi connectivity index (χ0v) is 16.1. The van der Waals surface area contributed by atoms with Gasteiger partial charge in [-0.3, -0.25) is 4.90 Å². The summed E-state index contributed by atoms with van der Waals surface area (Å²) in [5.41, 5.74) is -1.43. The van der Waals surface area contributed by atoms with Crippen molar-refractivity contribution in [3.8, 4) is 11.1 Å². The van der Waals surface area contributed by atoms with Crippen LogP contribution in [0.1, 0.15) is 23.1 Å². The smallest absolute Gasteiger partial charge is 0.305 e. The first-order valence-electron chi connectivity index (χ1n) is 9.21. The molecule has 29 heavy (non-hydrogen) atoms. The number of benzene rings is 2. The third kappa shape index (κ3) is 5.30. The SMILES string of the molecule is CN(C)C1CCN(Cc2ccc(-c3cc(C(F)(F)F)cc(C(F)(F)F)c3)cc2)C1. The van der Waals surface area contributed by atoms with Crippen LogP contribution in [0.25, 0.3) is 11.1 Å². The minimum absolute atomic E-state index is 0.104. The molecule has 3 rings (SSSR count). The van der Waals surface area contributed by atoms with Crippen LogP contribution in [-0.2, 0) is 18.9 Å². The molecule has 0 aliphatic carbocycles. The summed E-state index contributed by atoms with van der Waals surface area (Å²) in [5.74, 6) is 0. The summed E-state index contributed by atoms with van der Waals surface area (Å²) in [4.78, 5) is 4.46. The predicted octanol–water partition coefficient (Wildman–Crippen LogP) is 5.53. The lowest BCUT2D eigenvalue weighted by Gasteiger charge is -2.20. The van der Waals surface area contributed by atoms with Crippen molar-refractivity contribution in [3.05, 3.63) is 59.2 Å². The van der Waals surface area contributed by atoms with Gasteiger partial charge in [-0.05, 0) is 55.4 Å². The van der Waals surface area contributed by atoms with Crippen molar-refractivity contribution in [1.29, 1.82) is 0 Å². The number of hydrogen-bond acceptors (Lipinski definition) is 2. The minimum Gasteiger partial charge on any atom is -0.305 e. The van der Waals surface area contributed by atoms with Gasteiger partial charge in [0.25, 0.3) is 0 Å². The highest BCUT2D eigenvalue weighted by molar-refractivity contribution is 5.66. The molecule has 2 aromatic carbocycles. The summed E-state index contributed by atoms with van der Waals surface area (Å²) in [6.07, 6.45) is -8.64. The Morgan fingerprint density at radius 2 is 1.41 bits per heavy atom. The van der Waals surface area contributed by atoms with Gasteiger partial charge in [0.2, 0.25) is 0 Å². The fraction of sp³-hybridized carbons (Fsp3) is 0.429. The second kappa shape index (κ2) is 7.99. The van der Waals surface area contributed by atoms with Crippen molar-refractivity contribution >= 4 is 0 Å². The average molecular weight is 416 g/mol. The van der Waals surface area contributed by atoms with E-state index < -0.39 is 23.5 Å². The Bertz CT molecular complexity index is 807. The van der Waals surface area contributed by atoms with Gasteiger partial charge in [0.15, 0.2) is 0 Å². The number of likely N-dealkylation sites (N-methyl/N-ethyl adjacent to an activating group) is 1. The monoisotopic (exact) mass is 416 g/mol. The Morgan fingerprint density at radius 1 is 0.862 bits per heavy atom. The lowest BCUT2D eigenvalue weighted by molar-refractivity contribution is -0.143.